The number of benzene rings is 1. The number of carbonyl (C=O) groups is 1. The van der Waals surface area contributed by atoms with Crippen LogP contribution in [-0.2, 0) is 26.0 Å². The molecule has 1 heterocycles. The molecule has 1 fully saturated rings. The fourth-order valence-corrected chi connectivity index (χ4v) is 3.57. The first kappa shape index (κ1) is 15.3. The Kier molecular flexibility index (Phi) is 5.01. The Balaban J connectivity index is 1.79. The summed E-state index contributed by atoms with van der Waals surface area (Å²) in [5, 5.41) is 3.64. The molecule has 1 saturated heterocycles. The van der Waals surface area contributed by atoms with Crippen molar-refractivity contribution in [3.05, 3.63) is 34.9 Å². The van der Waals surface area contributed by atoms with Gasteiger partial charge in [-0.05, 0) is 17.7 Å². The summed E-state index contributed by atoms with van der Waals surface area (Å²) in [6.45, 7) is 0.549. The third-order valence-electron chi connectivity index (χ3n) is 3.03. The van der Waals surface area contributed by atoms with Gasteiger partial charge in [-0.1, -0.05) is 23.7 Å². The summed E-state index contributed by atoms with van der Waals surface area (Å²) < 4.78 is 28.0. The second-order valence-electron chi connectivity index (χ2n) is 4.76. The summed E-state index contributed by atoms with van der Waals surface area (Å²) in [5.41, 5.74) is 0.840. The first-order valence-electron chi connectivity index (χ1n) is 6.28. The zero-order valence-electron chi connectivity index (χ0n) is 10.8. The Morgan fingerprint density at radius 1 is 1.35 bits per heavy atom. The predicted octanol–water partition coefficient (Wildman–Crippen LogP) is 1.16. The van der Waals surface area contributed by atoms with Crippen LogP contribution < -0.4 is 5.32 Å². The number of esters is 1. The maximum Gasteiger partial charge on any atom is 0.307 e. The quantitative estimate of drug-likeness (QED) is 0.844. The summed E-state index contributed by atoms with van der Waals surface area (Å²) in [4.78, 5) is 11.7. The Labute approximate surface area is 123 Å². The topological polar surface area (TPSA) is 72.5 Å². The van der Waals surface area contributed by atoms with Gasteiger partial charge in [0.15, 0.2) is 9.84 Å². The summed E-state index contributed by atoms with van der Waals surface area (Å²) in [6, 6.07) is 6.64. The van der Waals surface area contributed by atoms with Crippen LogP contribution in [-0.4, -0.2) is 38.5 Å². The molecule has 0 spiro atoms. The zero-order chi connectivity index (χ0) is 14.6. The molecule has 1 atom stereocenters. The second-order valence-corrected chi connectivity index (χ2v) is 7.42. The van der Waals surface area contributed by atoms with Gasteiger partial charge in [0.2, 0.25) is 0 Å². The number of carbonyl (C=O) groups excluding carboxylic acids is 1. The van der Waals surface area contributed by atoms with Crippen molar-refractivity contribution in [1.29, 1.82) is 0 Å². The molecule has 7 heteroatoms. The second kappa shape index (κ2) is 6.56. The maximum atomic E-state index is 11.7. The molecule has 1 unspecified atom stereocenters. The van der Waals surface area contributed by atoms with Crippen LogP contribution in [0.15, 0.2) is 24.3 Å². The number of nitrogens with one attached hydrogen (secondary N) is 1. The standard InChI is InChI=1S/C13H16ClNO4S/c14-11-3-1-10(2-4-11)8-19-13(16)7-12-9-20(17,18)6-5-15-12/h1-4,12,15H,5-9H2. The predicted molar refractivity (Wildman–Crippen MR) is 76.3 cm³/mol. The monoisotopic (exact) mass is 317 g/mol. The number of hydrogen-bond donors (Lipinski definition) is 1. The molecule has 0 bridgehead atoms. The molecule has 2 rings (SSSR count). The molecule has 1 aromatic rings. The van der Waals surface area contributed by atoms with Crippen LogP contribution >= 0.6 is 11.6 Å². The Bertz CT molecular complexity index is 571. The van der Waals surface area contributed by atoms with Gasteiger partial charge in [0.1, 0.15) is 6.61 Å². The SMILES string of the molecule is O=C(CC1CS(=O)(=O)CCN1)OCc1ccc(Cl)cc1. The van der Waals surface area contributed by atoms with Gasteiger partial charge in [0.25, 0.3) is 0 Å². The Morgan fingerprint density at radius 3 is 2.70 bits per heavy atom. The van der Waals surface area contributed by atoms with E-state index in [2.05, 4.69) is 5.32 Å². The van der Waals surface area contributed by atoms with Crippen molar-refractivity contribution in [3.8, 4) is 0 Å². The Morgan fingerprint density at radius 2 is 2.05 bits per heavy atom. The summed E-state index contributed by atoms with van der Waals surface area (Å²) >= 11 is 5.76. The molecular formula is C13H16ClNO4S. The lowest BCUT2D eigenvalue weighted by Gasteiger charge is -2.22. The van der Waals surface area contributed by atoms with E-state index in [-0.39, 0.29) is 30.6 Å². The highest BCUT2D eigenvalue weighted by atomic mass is 35.5. The number of halogens is 1. The van der Waals surface area contributed by atoms with Crippen LogP contribution in [0.4, 0.5) is 0 Å². The third-order valence-corrected chi connectivity index (χ3v) is 5.02. The highest BCUT2D eigenvalue weighted by molar-refractivity contribution is 7.91. The van der Waals surface area contributed by atoms with Gasteiger partial charge in [-0.2, -0.15) is 0 Å². The molecule has 1 aliphatic rings. The minimum absolute atomic E-state index is 0.0109. The minimum Gasteiger partial charge on any atom is -0.461 e. The molecular weight excluding hydrogens is 302 g/mol. The van der Waals surface area contributed by atoms with E-state index in [0.717, 1.165) is 5.56 Å². The van der Waals surface area contributed by atoms with Gasteiger partial charge in [-0.3, -0.25) is 4.79 Å². The fourth-order valence-electron chi connectivity index (χ4n) is 2.00. The van der Waals surface area contributed by atoms with Gasteiger partial charge in [-0.15, -0.1) is 0 Å². The van der Waals surface area contributed by atoms with Crippen molar-refractivity contribution in [2.75, 3.05) is 18.1 Å². The first-order valence-corrected chi connectivity index (χ1v) is 8.48. The van der Waals surface area contributed by atoms with Crippen LogP contribution in [0.5, 0.6) is 0 Å². The van der Waals surface area contributed by atoms with Gasteiger partial charge in [0.05, 0.1) is 17.9 Å². The van der Waals surface area contributed by atoms with E-state index >= 15 is 0 Å². The van der Waals surface area contributed by atoms with E-state index in [9.17, 15) is 13.2 Å². The lowest BCUT2D eigenvalue weighted by Crippen LogP contribution is -2.46. The van der Waals surface area contributed by atoms with E-state index in [1.807, 2.05) is 0 Å². The van der Waals surface area contributed by atoms with Crippen LogP contribution in [0.25, 0.3) is 0 Å². The summed E-state index contributed by atoms with van der Waals surface area (Å²) in [5.74, 6) is -0.290. The molecule has 1 aromatic carbocycles. The molecule has 0 radical (unpaired) electrons. The fraction of sp³-hybridized carbons (Fsp3) is 0.462. The highest BCUT2D eigenvalue weighted by Gasteiger charge is 2.26. The van der Waals surface area contributed by atoms with Crippen molar-refractivity contribution in [3.63, 3.8) is 0 Å². The lowest BCUT2D eigenvalue weighted by atomic mass is 10.2. The zero-order valence-corrected chi connectivity index (χ0v) is 12.4. The summed E-state index contributed by atoms with van der Waals surface area (Å²) in [6.07, 6.45) is 0.0623. The molecule has 5 nitrogen and oxygen atoms in total. The molecule has 0 saturated carbocycles. The van der Waals surface area contributed by atoms with E-state index in [0.29, 0.717) is 11.6 Å². The maximum absolute atomic E-state index is 11.7. The molecule has 1 N–H and O–H groups in total. The van der Waals surface area contributed by atoms with Crippen molar-refractivity contribution in [1.82, 2.24) is 5.32 Å². The number of sulfone groups is 1. The van der Waals surface area contributed by atoms with E-state index in [1.54, 1.807) is 24.3 Å². The lowest BCUT2D eigenvalue weighted by molar-refractivity contribution is -0.145. The number of ether oxygens (including phenoxy) is 1. The van der Waals surface area contributed by atoms with Gasteiger partial charge >= 0.3 is 5.97 Å². The smallest absolute Gasteiger partial charge is 0.307 e. The van der Waals surface area contributed by atoms with Crippen LogP contribution in [0, 0.1) is 0 Å². The molecule has 1 aliphatic heterocycles. The highest BCUT2D eigenvalue weighted by Crippen LogP contribution is 2.11. The normalized spacial score (nSPS) is 21.4. The molecule has 0 amide bonds. The largest absolute Gasteiger partial charge is 0.461 e. The molecule has 110 valence electrons. The van der Waals surface area contributed by atoms with Crippen molar-refractivity contribution in [2.24, 2.45) is 0 Å². The van der Waals surface area contributed by atoms with Crippen LogP contribution in [0.2, 0.25) is 5.02 Å². The molecule has 0 aromatic heterocycles. The van der Waals surface area contributed by atoms with Crippen molar-refractivity contribution in [2.45, 2.75) is 19.1 Å². The van der Waals surface area contributed by atoms with E-state index < -0.39 is 15.8 Å². The molecule has 0 aliphatic carbocycles. The van der Waals surface area contributed by atoms with Crippen LogP contribution in [0.1, 0.15) is 12.0 Å². The average molecular weight is 318 g/mol. The van der Waals surface area contributed by atoms with Crippen molar-refractivity contribution >= 4 is 27.4 Å². The summed E-state index contributed by atoms with van der Waals surface area (Å²) in [7, 11) is -3.03. The van der Waals surface area contributed by atoms with Gasteiger partial charge in [-0.25, -0.2) is 8.42 Å². The number of hydrogen-bond acceptors (Lipinski definition) is 5. The average Bonchev–Trinajstić information content (AvgIpc) is 2.37. The van der Waals surface area contributed by atoms with Gasteiger partial charge in [0, 0.05) is 17.6 Å². The third kappa shape index (κ3) is 4.77. The minimum atomic E-state index is -3.03. The van der Waals surface area contributed by atoms with Crippen molar-refractivity contribution < 1.29 is 17.9 Å². The number of rotatable bonds is 4. The van der Waals surface area contributed by atoms with E-state index in [1.165, 1.54) is 0 Å². The molecule has 20 heavy (non-hydrogen) atoms. The van der Waals surface area contributed by atoms with E-state index in [4.69, 9.17) is 16.3 Å². The van der Waals surface area contributed by atoms with Gasteiger partial charge < -0.3 is 10.1 Å². The van der Waals surface area contributed by atoms with Crippen LogP contribution in [0.3, 0.4) is 0 Å². The first-order chi connectivity index (χ1) is 9.44. The Hall–Kier alpha value is -1.11.